The average Bonchev–Trinajstić information content (AvgIpc) is 2.41. The zero-order valence-corrected chi connectivity index (χ0v) is 12.3. The summed E-state index contributed by atoms with van der Waals surface area (Å²) in [6.45, 7) is 2.90. The van der Waals surface area contributed by atoms with Crippen LogP contribution < -0.4 is 5.32 Å². The summed E-state index contributed by atoms with van der Waals surface area (Å²) in [7, 11) is 0. The van der Waals surface area contributed by atoms with Gasteiger partial charge in [0.05, 0.1) is 6.42 Å². The number of hydrogen-bond acceptors (Lipinski definition) is 2. The van der Waals surface area contributed by atoms with Crippen molar-refractivity contribution in [1.82, 2.24) is 10.2 Å². The molecule has 5 heteroatoms. The van der Waals surface area contributed by atoms with Gasteiger partial charge in [-0.2, -0.15) is 0 Å². The molecule has 4 nitrogen and oxygen atoms in total. The molecular formula is C15H19ClN2O2. The molecule has 1 fully saturated rings. The molecule has 1 heterocycles. The minimum absolute atomic E-state index is 0.00848. The van der Waals surface area contributed by atoms with Gasteiger partial charge in [-0.25, -0.2) is 0 Å². The van der Waals surface area contributed by atoms with E-state index in [1.807, 2.05) is 23.1 Å². The molecule has 0 spiro atoms. The molecule has 0 aliphatic carbocycles. The topological polar surface area (TPSA) is 49.4 Å². The number of carbonyl (C=O) groups is 2. The Balaban J connectivity index is 1.86. The number of likely N-dealkylation sites (tertiary alicyclic amines) is 1. The fourth-order valence-electron chi connectivity index (χ4n) is 2.48. The van der Waals surface area contributed by atoms with Gasteiger partial charge in [0.1, 0.15) is 0 Å². The second kappa shape index (κ2) is 6.75. The average molecular weight is 295 g/mol. The molecule has 2 amide bonds. The highest BCUT2D eigenvalue weighted by Gasteiger charge is 2.23. The molecule has 1 aliphatic rings. The van der Waals surface area contributed by atoms with Crippen LogP contribution in [0, 0.1) is 0 Å². The van der Waals surface area contributed by atoms with Crippen LogP contribution in [0.1, 0.15) is 25.3 Å². The minimum Gasteiger partial charge on any atom is -0.353 e. The summed E-state index contributed by atoms with van der Waals surface area (Å²) in [4.78, 5) is 25.1. The van der Waals surface area contributed by atoms with Crippen LogP contribution in [0.15, 0.2) is 24.3 Å². The number of benzene rings is 1. The van der Waals surface area contributed by atoms with Crippen LogP contribution in [-0.2, 0) is 16.0 Å². The van der Waals surface area contributed by atoms with Crippen molar-refractivity contribution in [3.63, 3.8) is 0 Å². The van der Waals surface area contributed by atoms with E-state index in [9.17, 15) is 9.59 Å². The molecule has 0 aromatic heterocycles. The number of carbonyl (C=O) groups excluding carboxylic acids is 2. The standard InChI is InChI=1S/C15H19ClN2O2/c1-11(19)17-13-6-8-18(9-7-13)15(20)10-12-4-2-3-5-14(12)16/h2-5,13H,6-10H2,1H3,(H,17,19). The number of piperidine rings is 1. The first kappa shape index (κ1) is 14.9. The van der Waals surface area contributed by atoms with Gasteiger partial charge in [-0.05, 0) is 24.5 Å². The Bertz CT molecular complexity index is 496. The van der Waals surface area contributed by atoms with E-state index in [-0.39, 0.29) is 17.9 Å². The Kier molecular flexibility index (Phi) is 5.01. The van der Waals surface area contributed by atoms with Gasteiger partial charge in [0.15, 0.2) is 0 Å². The monoisotopic (exact) mass is 294 g/mol. The number of rotatable bonds is 3. The predicted molar refractivity (Wildman–Crippen MR) is 78.6 cm³/mol. The van der Waals surface area contributed by atoms with Crippen molar-refractivity contribution in [3.8, 4) is 0 Å². The second-order valence-electron chi connectivity index (χ2n) is 5.12. The smallest absolute Gasteiger partial charge is 0.227 e. The zero-order chi connectivity index (χ0) is 14.5. The number of halogens is 1. The van der Waals surface area contributed by atoms with E-state index in [0.29, 0.717) is 24.5 Å². The molecule has 1 aromatic rings. The Morgan fingerprint density at radius 3 is 2.55 bits per heavy atom. The molecule has 1 aromatic carbocycles. The first-order valence-corrected chi connectivity index (χ1v) is 7.22. The molecule has 2 rings (SSSR count). The molecule has 108 valence electrons. The van der Waals surface area contributed by atoms with Crippen LogP contribution in [0.4, 0.5) is 0 Å². The number of nitrogens with one attached hydrogen (secondary N) is 1. The predicted octanol–water partition coefficient (Wildman–Crippen LogP) is 2.01. The lowest BCUT2D eigenvalue weighted by Gasteiger charge is -2.32. The van der Waals surface area contributed by atoms with Crippen LogP contribution in [0.3, 0.4) is 0 Å². The second-order valence-corrected chi connectivity index (χ2v) is 5.53. The quantitative estimate of drug-likeness (QED) is 0.927. The summed E-state index contributed by atoms with van der Waals surface area (Å²) in [6.07, 6.45) is 1.96. The summed E-state index contributed by atoms with van der Waals surface area (Å²) in [5.41, 5.74) is 0.864. The van der Waals surface area contributed by atoms with Crippen molar-refractivity contribution < 1.29 is 9.59 Å². The van der Waals surface area contributed by atoms with Gasteiger partial charge in [-0.1, -0.05) is 29.8 Å². The maximum atomic E-state index is 12.2. The van der Waals surface area contributed by atoms with E-state index < -0.39 is 0 Å². The van der Waals surface area contributed by atoms with E-state index in [1.54, 1.807) is 6.07 Å². The van der Waals surface area contributed by atoms with Crippen molar-refractivity contribution in [2.75, 3.05) is 13.1 Å². The largest absolute Gasteiger partial charge is 0.353 e. The highest BCUT2D eigenvalue weighted by Crippen LogP contribution is 2.18. The van der Waals surface area contributed by atoms with Crippen LogP contribution in [-0.4, -0.2) is 35.8 Å². The van der Waals surface area contributed by atoms with Gasteiger partial charge in [-0.3, -0.25) is 9.59 Å². The molecule has 1 saturated heterocycles. The Hall–Kier alpha value is -1.55. The van der Waals surface area contributed by atoms with E-state index in [0.717, 1.165) is 18.4 Å². The van der Waals surface area contributed by atoms with E-state index in [2.05, 4.69) is 5.32 Å². The van der Waals surface area contributed by atoms with Crippen molar-refractivity contribution in [2.45, 2.75) is 32.2 Å². The first-order chi connectivity index (χ1) is 9.56. The molecular weight excluding hydrogens is 276 g/mol. The lowest BCUT2D eigenvalue weighted by Crippen LogP contribution is -2.46. The van der Waals surface area contributed by atoms with Crippen molar-refractivity contribution in [1.29, 1.82) is 0 Å². The maximum absolute atomic E-state index is 12.2. The van der Waals surface area contributed by atoms with Crippen LogP contribution in [0.5, 0.6) is 0 Å². The molecule has 20 heavy (non-hydrogen) atoms. The third-order valence-corrected chi connectivity index (χ3v) is 3.92. The maximum Gasteiger partial charge on any atom is 0.227 e. The van der Waals surface area contributed by atoms with Crippen molar-refractivity contribution in [3.05, 3.63) is 34.9 Å². The third-order valence-electron chi connectivity index (χ3n) is 3.55. The highest BCUT2D eigenvalue weighted by molar-refractivity contribution is 6.31. The molecule has 0 unspecified atom stereocenters. The fourth-order valence-corrected chi connectivity index (χ4v) is 2.68. The van der Waals surface area contributed by atoms with Crippen LogP contribution in [0.2, 0.25) is 5.02 Å². The Labute approximate surface area is 124 Å². The van der Waals surface area contributed by atoms with Crippen LogP contribution >= 0.6 is 11.6 Å². The van der Waals surface area contributed by atoms with E-state index >= 15 is 0 Å². The molecule has 0 saturated carbocycles. The van der Waals surface area contributed by atoms with E-state index in [4.69, 9.17) is 11.6 Å². The number of amides is 2. The molecule has 0 atom stereocenters. The SMILES string of the molecule is CC(=O)NC1CCN(C(=O)Cc2ccccc2Cl)CC1. The van der Waals surface area contributed by atoms with Crippen LogP contribution in [0.25, 0.3) is 0 Å². The zero-order valence-electron chi connectivity index (χ0n) is 11.6. The van der Waals surface area contributed by atoms with Gasteiger partial charge in [0.2, 0.25) is 11.8 Å². The number of nitrogens with zero attached hydrogens (tertiary/aromatic N) is 1. The van der Waals surface area contributed by atoms with Gasteiger partial charge in [-0.15, -0.1) is 0 Å². The van der Waals surface area contributed by atoms with Gasteiger partial charge < -0.3 is 10.2 Å². The van der Waals surface area contributed by atoms with Gasteiger partial charge >= 0.3 is 0 Å². The summed E-state index contributed by atoms with van der Waals surface area (Å²) in [6, 6.07) is 7.61. The fraction of sp³-hybridized carbons (Fsp3) is 0.467. The number of hydrogen-bond donors (Lipinski definition) is 1. The Morgan fingerprint density at radius 1 is 1.30 bits per heavy atom. The summed E-state index contributed by atoms with van der Waals surface area (Å²) in [5.74, 6) is 0.0882. The van der Waals surface area contributed by atoms with E-state index in [1.165, 1.54) is 6.92 Å². The highest BCUT2D eigenvalue weighted by atomic mass is 35.5. The normalized spacial score (nSPS) is 16.0. The summed E-state index contributed by atoms with van der Waals surface area (Å²) >= 11 is 6.07. The van der Waals surface area contributed by atoms with Gasteiger partial charge in [0, 0.05) is 31.1 Å². The molecule has 1 N–H and O–H groups in total. The lowest BCUT2D eigenvalue weighted by molar-refractivity contribution is -0.131. The first-order valence-electron chi connectivity index (χ1n) is 6.84. The third kappa shape index (κ3) is 3.97. The summed E-state index contributed by atoms with van der Waals surface area (Å²) < 4.78 is 0. The Morgan fingerprint density at radius 2 is 1.95 bits per heavy atom. The summed E-state index contributed by atoms with van der Waals surface area (Å²) in [5, 5.41) is 3.54. The lowest BCUT2D eigenvalue weighted by atomic mass is 10.0. The van der Waals surface area contributed by atoms with Crippen molar-refractivity contribution in [2.24, 2.45) is 0 Å². The van der Waals surface area contributed by atoms with Gasteiger partial charge in [0.25, 0.3) is 0 Å². The molecule has 1 aliphatic heterocycles. The van der Waals surface area contributed by atoms with Crippen molar-refractivity contribution >= 4 is 23.4 Å². The minimum atomic E-state index is -0.00848. The molecule has 0 radical (unpaired) electrons. The molecule has 0 bridgehead atoms.